The molecule has 0 saturated carbocycles. The van der Waals surface area contributed by atoms with E-state index in [2.05, 4.69) is 33.9 Å². The molecule has 1 aliphatic rings. The molecular weight excluding hydrogens is 388 g/mol. The zero-order chi connectivity index (χ0) is 19.5. The normalized spacial score (nSPS) is 16.1. The Morgan fingerprint density at radius 2 is 2.00 bits per heavy atom. The highest BCUT2D eigenvalue weighted by atomic mass is 35.5. The number of nitrogens with zero attached hydrogens (tertiary/aromatic N) is 2. The van der Waals surface area contributed by atoms with E-state index in [1.807, 2.05) is 43.6 Å². The fourth-order valence-corrected chi connectivity index (χ4v) is 3.71. The summed E-state index contributed by atoms with van der Waals surface area (Å²) < 4.78 is 7.71. The Labute approximate surface area is 176 Å². The minimum absolute atomic E-state index is 0. The summed E-state index contributed by atoms with van der Waals surface area (Å²) in [6.07, 6.45) is 4.30. The lowest BCUT2D eigenvalue weighted by Gasteiger charge is -2.29. The topological polar surface area (TPSA) is 68.2 Å². The Balaban J connectivity index is 0.00000240. The van der Waals surface area contributed by atoms with E-state index in [4.69, 9.17) is 4.74 Å². The van der Waals surface area contributed by atoms with Gasteiger partial charge in [-0.1, -0.05) is 48.5 Å². The Morgan fingerprint density at radius 3 is 2.69 bits per heavy atom. The fraction of sp³-hybridized carbons (Fsp3) is 0.273. The number of carbonyl (C=O) groups is 1. The molecule has 152 valence electrons. The number of para-hydroxylation sites is 1. The standard InChI is InChI=1S/C22H24N4O2.ClH/c1-23-20(16-13-24-26(2)14-16)22(27)25-19-11-12-28-21-17(9-6-10-18(19)21)15-7-4-3-5-8-15;/h3-10,13-14,19-20,23H,11-12H2,1-2H3,(H,25,27);1H. The van der Waals surface area contributed by atoms with Crippen LogP contribution in [0, 0.1) is 0 Å². The van der Waals surface area contributed by atoms with Crippen LogP contribution in [0.2, 0.25) is 0 Å². The number of aryl methyl sites for hydroxylation is 1. The molecule has 2 atom stereocenters. The van der Waals surface area contributed by atoms with E-state index in [-0.39, 0.29) is 24.4 Å². The number of benzene rings is 2. The van der Waals surface area contributed by atoms with Gasteiger partial charge in [-0.15, -0.1) is 12.4 Å². The second kappa shape index (κ2) is 9.11. The van der Waals surface area contributed by atoms with Crippen molar-refractivity contribution in [1.29, 1.82) is 0 Å². The van der Waals surface area contributed by atoms with Crippen LogP contribution in [0.5, 0.6) is 5.75 Å². The highest BCUT2D eigenvalue weighted by Crippen LogP contribution is 2.40. The summed E-state index contributed by atoms with van der Waals surface area (Å²) in [6.45, 7) is 0.568. The Bertz CT molecular complexity index is 974. The number of amides is 1. The van der Waals surface area contributed by atoms with Crippen LogP contribution in [0.3, 0.4) is 0 Å². The van der Waals surface area contributed by atoms with Crippen molar-refractivity contribution < 1.29 is 9.53 Å². The number of likely N-dealkylation sites (N-methyl/N-ethyl adjacent to an activating group) is 1. The second-order valence-electron chi connectivity index (χ2n) is 6.96. The van der Waals surface area contributed by atoms with E-state index in [9.17, 15) is 4.79 Å². The zero-order valence-electron chi connectivity index (χ0n) is 16.5. The van der Waals surface area contributed by atoms with E-state index >= 15 is 0 Å². The van der Waals surface area contributed by atoms with E-state index in [1.54, 1.807) is 17.9 Å². The van der Waals surface area contributed by atoms with Gasteiger partial charge in [-0.3, -0.25) is 9.48 Å². The summed E-state index contributed by atoms with van der Waals surface area (Å²) in [6, 6.07) is 15.7. The minimum Gasteiger partial charge on any atom is -0.492 e. The van der Waals surface area contributed by atoms with Gasteiger partial charge in [-0.25, -0.2) is 0 Å². The maximum Gasteiger partial charge on any atom is 0.242 e. The third kappa shape index (κ3) is 4.28. The lowest BCUT2D eigenvalue weighted by atomic mass is 9.94. The number of halogens is 1. The van der Waals surface area contributed by atoms with Crippen molar-refractivity contribution in [3.05, 3.63) is 72.1 Å². The molecule has 2 heterocycles. The van der Waals surface area contributed by atoms with Gasteiger partial charge in [-0.2, -0.15) is 5.10 Å². The molecule has 6 nitrogen and oxygen atoms in total. The van der Waals surface area contributed by atoms with Crippen molar-refractivity contribution >= 4 is 18.3 Å². The first-order chi connectivity index (χ1) is 13.7. The van der Waals surface area contributed by atoms with E-state index in [0.717, 1.165) is 34.4 Å². The molecule has 2 unspecified atom stereocenters. The largest absolute Gasteiger partial charge is 0.492 e. The lowest BCUT2D eigenvalue weighted by molar-refractivity contribution is -0.124. The van der Waals surface area contributed by atoms with Crippen LogP contribution >= 0.6 is 12.4 Å². The number of aromatic nitrogens is 2. The predicted molar refractivity (Wildman–Crippen MR) is 115 cm³/mol. The maximum atomic E-state index is 13.0. The molecule has 4 rings (SSSR count). The van der Waals surface area contributed by atoms with Crippen LogP contribution in [-0.4, -0.2) is 29.3 Å². The molecule has 0 aliphatic carbocycles. The van der Waals surface area contributed by atoms with Crippen LogP contribution in [0.1, 0.15) is 29.6 Å². The third-order valence-electron chi connectivity index (χ3n) is 5.08. The molecule has 0 radical (unpaired) electrons. The molecule has 0 spiro atoms. The Morgan fingerprint density at radius 1 is 1.21 bits per heavy atom. The van der Waals surface area contributed by atoms with Crippen LogP contribution in [0.15, 0.2) is 60.9 Å². The number of carbonyl (C=O) groups excluding carboxylic acids is 1. The van der Waals surface area contributed by atoms with Crippen LogP contribution in [0.25, 0.3) is 11.1 Å². The molecule has 1 amide bonds. The van der Waals surface area contributed by atoms with Crippen LogP contribution < -0.4 is 15.4 Å². The fourth-order valence-electron chi connectivity index (χ4n) is 3.71. The highest BCUT2D eigenvalue weighted by Gasteiger charge is 2.28. The summed E-state index contributed by atoms with van der Waals surface area (Å²) in [7, 11) is 3.62. The van der Waals surface area contributed by atoms with Crippen LogP contribution in [-0.2, 0) is 11.8 Å². The molecule has 7 heteroatoms. The number of hydrogen-bond acceptors (Lipinski definition) is 4. The number of hydrogen-bond donors (Lipinski definition) is 2. The molecule has 1 aromatic heterocycles. The minimum atomic E-state index is -0.447. The Hall–Kier alpha value is -2.83. The van der Waals surface area contributed by atoms with Gasteiger partial charge in [0, 0.05) is 36.4 Å². The van der Waals surface area contributed by atoms with E-state index in [0.29, 0.717) is 6.61 Å². The number of nitrogens with one attached hydrogen (secondary N) is 2. The molecule has 1 aliphatic heterocycles. The molecule has 29 heavy (non-hydrogen) atoms. The predicted octanol–water partition coefficient (Wildman–Crippen LogP) is 3.41. The van der Waals surface area contributed by atoms with Crippen molar-refractivity contribution in [2.75, 3.05) is 13.7 Å². The molecular formula is C22H25ClN4O2. The number of fused-ring (bicyclic) bond motifs is 1. The summed E-state index contributed by atoms with van der Waals surface area (Å²) >= 11 is 0. The van der Waals surface area contributed by atoms with Gasteiger partial charge >= 0.3 is 0 Å². The number of ether oxygens (including phenoxy) is 1. The van der Waals surface area contributed by atoms with Gasteiger partial charge in [0.2, 0.25) is 5.91 Å². The summed E-state index contributed by atoms with van der Waals surface area (Å²) in [5, 5.41) is 10.5. The quantitative estimate of drug-likeness (QED) is 0.673. The average Bonchev–Trinajstić information content (AvgIpc) is 3.15. The van der Waals surface area contributed by atoms with Crippen LogP contribution in [0.4, 0.5) is 0 Å². The van der Waals surface area contributed by atoms with Gasteiger partial charge in [0.25, 0.3) is 0 Å². The smallest absolute Gasteiger partial charge is 0.242 e. The van der Waals surface area contributed by atoms with Crippen molar-refractivity contribution in [2.45, 2.75) is 18.5 Å². The monoisotopic (exact) mass is 412 g/mol. The van der Waals surface area contributed by atoms with Gasteiger partial charge in [-0.05, 0) is 12.6 Å². The molecule has 0 fully saturated rings. The molecule has 0 bridgehead atoms. The summed E-state index contributed by atoms with van der Waals surface area (Å²) in [4.78, 5) is 13.0. The molecule has 3 aromatic rings. The highest BCUT2D eigenvalue weighted by molar-refractivity contribution is 5.85. The van der Waals surface area contributed by atoms with E-state index in [1.165, 1.54) is 0 Å². The molecule has 2 aromatic carbocycles. The molecule has 0 saturated heterocycles. The molecule has 2 N–H and O–H groups in total. The van der Waals surface area contributed by atoms with Gasteiger partial charge in [0.1, 0.15) is 11.8 Å². The second-order valence-corrected chi connectivity index (χ2v) is 6.96. The first-order valence-corrected chi connectivity index (χ1v) is 9.44. The lowest BCUT2D eigenvalue weighted by Crippen LogP contribution is -2.39. The van der Waals surface area contributed by atoms with Crippen molar-refractivity contribution in [1.82, 2.24) is 20.4 Å². The van der Waals surface area contributed by atoms with Crippen molar-refractivity contribution in [3.8, 4) is 16.9 Å². The summed E-state index contributed by atoms with van der Waals surface area (Å²) in [5.41, 5.74) is 4.01. The van der Waals surface area contributed by atoms with Crippen molar-refractivity contribution in [3.63, 3.8) is 0 Å². The summed E-state index contributed by atoms with van der Waals surface area (Å²) in [5.74, 6) is 0.783. The third-order valence-corrected chi connectivity index (χ3v) is 5.08. The number of rotatable bonds is 5. The first kappa shape index (κ1) is 20.9. The maximum absolute atomic E-state index is 13.0. The van der Waals surface area contributed by atoms with Gasteiger partial charge < -0.3 is 15.4 Å². The SMILES string of the molecule is CNC(C(=O)NC1CCOc2c(-c3ccccc3)cccc21)c1cnn(C)c1.Cl. The first-order valence-electron chi connectivity index (χ1n) is 9.44. The van der Waals surface area contributed by atoms with E-state index < -0.39 is 6.04 Å². The zero-order valence-corrected chi connectivity index (χ0v) is 17.3. The average molecular weight is 413 g/mol. The van der Waals surface area contributed by atoms with Gasteiger partial charge in [0.15, 0.2) is 0 Å². The van der Waals surface area contributed by atoms with Gasteiger partial charge in [0.05, 0.1) is 18.8 Å². The van der Waals surface area contributed by atoms with Crippen molar-refractivity contribution in [2.24, 2.45) is 7.05 Å². The Kier molecular flexibility index (Phi) is 6.56.